The van der Waals surface area contributed by atoms with Gasteiger partial charge in [-0.1, -0.05) is 48.5 Å². The number of carbonyl (C=O) groups excluding carboxylic acids is 2. The second-order valence-corrected chi connectivity index (χ2v) is 7.88. The van der Waals surface area contributed by atoms with Crippen molar-refractivity contribution >= 4 is 34.0 Å². The van der Waals surface area contributed by atoms with E-state index in [2.05, 4.69) is 31.8 Å². The third-order valence-corrected chi connectivity index (χ3v) is 5.45. The number of rotatable bonds is 9. The Morgan fingerprint density at radius 2 is 1.61 bits per heavy atom. The molecule has 0 fully saturated rings. The average molecular weight is 510 g/mol. The first-order chi connectivity index (χ1) is 16.0. The Morgan fingerprint density at radius 3 is 2.24 bits per heavy atom. The Bertz CT molecular complexity index is 1120. The zero-order valence-electron chi connectivity index (χ0n) is 18.2. The maximum atomic E-state index is 12.7. The van der Waals surface area contributed by atoms with Crippen molar-refractivity contribution < 1.29 is 19.1 Å². The van der Waals surface area contributed by atoms with Crippen LogP contribution in [0.2, 0.25) is 0 Å². The fourth-order valence-electron chi connectivity index (χ4n) is 3.16. The second-order valence-electron chi connectivity index (χ2n) is 7.03. The predicted molar refractivity (Wildman–Crippen MR) is 131 cm³/mol. The lowest BCUT2D eigenvalue weighted by Gasteiger charge is -2.18. The van der Waals surface area contributed by atoms with E-state index in [1.807, 2.05) is 36.4 Å². The molecule has 2 N–H and O–H groups in total. The van der Waals surface area contributed by atoms with E-state index >= 15 is 0 Å². The van der Waals surface area contributed by atoms with Gasteiger partial charge in [-0.3, -0.25) is 9.59 Å². The zero-order chi connectivity index (χ0) is 23.6. The summed E-state index contributed by atoms with van der Waals surface area (Å²) in [6.45, 7) is 0. The summed E-state index contributed by atoms with van der Waals surface area (Å²) in [5.41, 5.74) is 4.52. The van der Waals surface area contributed by atoms with E-state index in [4.69, 9.17) is 9.47 Å². The normalized spacial score (nSPS) is 11.6. The number of hydrogen-bond acceptors (Lipinski definition) is 5. The number of amides is 2. The number of ether oxygens (including phenoxy) is 2. The van der Waals surface area contributed by atoms with Crippen LogP contribution in [0.1, 0.15) is 33.9 Å². The maximum Gasteiger partial charge on any atom is 0.251 e. The molecule has 0 radical (unpaired) electrons. The molecule has 0 spiro atoms. The summed E-state index contributed by atoms with van der Waals surface area (Å²) in [4.78, 5) is 25.3. The molecular formula is C25H24BrN3O4. The summed E-state index contributed by atoms with van der Waals surface area (Å²) in [7, 11) is 3.10. The third-order valence-electron chi connectivity index (χ3n) is 4.83. The maximum absolute atomic E-state index is 12.7. The van der Waals surface area contributed by atoms with Gasteiger partial charge in [-0.05, 0) is 39.7 Å². The van der Waals surface area contributed by atoms with E-state index in [0.29, 0.717) is 22.6 Å². The van der Waals surface area contributed by atoms with Crippen LogP contribution in [0.5, 0.6) is 11.5 Å². The number of carbonyl (C=O) groups is 2. The van der Waals surface area contributed by atoms with Crippen LogP contribution < -0.4 is 20.2 Å². The molecule has 0 heterocycles. The monoisotopic (exact) mass is 509 g/mol. The highest BCUT2D eigenvalue weighted by molar-refractivity contribution is 9.10. The van der Waals surface area contributed by atoms with Crippen molar-refractivity contribution in [3.63, 3.8) is 0 Å². The quantitative estimate of drug-likeness (QED) is 0.328. The second kappa shape index (κ2) is 11.8. The van der Waals surface area contributed by atoms with Crippen LogP contribution in [0.25, 0.3) is 0 Å². The molecule has 0 aliphatic carbocycles. The van der Waals surface area contributed by atoms with Crippen LogP contribution in [0.4, 0.5) is 0 Å². The van der Waals surface area contributed by atoms with E-state index in [9.17, 15) is 9.59 Å². The summed E-state index contributed by atoms with van der Waals surface area (Å²) in [5, 5.41) is 6.99. The van der Waals surface area contributed by atoms with Gasteiger partial charge < -0.3 is 14.8 Å². The lowest BCUT2D eigenvalue weighted by molar-refractivity contribution is -0.121. The van der Waals surface area contributed by atoms with Crippen molar-refractivity contribution in [2.75, 3.05) is 14.2 Å². The Morgan fingerprint density at radius 1 is 0.970 bits per heavy atom. The molecule has 8 heteroatoms. The first kappa shape index (κ1) is 24.0. The van der Waals surface area contributed by atoms with Crippen LogP contribution in [0, 0.1) is 0 Å². The SMILES string of the molecule is COc1cc(OC)c(/C=N\NC(=O)C[C@@H](NC(=O)c2ccccc2)c2ccccc2)cc1Br. The fraction of sp³-hybridized carbons (Fsp3) is 0.160. The van der Waals surface area contributed by atoms with Crippen molar-refractivity contribution in [2.45, 2.75) is 12.5 Å². The molecule has 7 nitrogen and oxygen atoms in total. The van der Waals surface area contributed by atoms with E-state index in [-0.39, 0.29) is 18.2 Å². The number of benzene rings is 3. The molecule has 0 unspecified atom stereocenters. The molecule has 3 rings (SSSR count). The zero-order valence-corrected chi connectivity index (χ0v) is 19.8. The standard InChI is InChI=1S/C25H24BrN3O4/c1-32-22-15-23(33-2)20(26)13-19(22)16-27-29-24(30)14-21(17-9-5-3-6-10-17)28-25(31)18-11-7-4-8-12-18/h3-13,15-16,21H,14H2,1-2H3,(H,28,31)(H,29,30)/b27-16-/t21-/m1/s1. The Kier molecular flexibility index (Phi) is 8.60. The lowest BCUT2D eigenvalue weighted by Crippen LogP contribution is -2.32. The summed E-state index contributed by atoms with van der Waals surface area (Å²) in [6.07, 6.45) is 1.50. The molecule has 0 saturated heterocycles. The lowest BCUT2D eigenvalue weighted by atomic mass is 10.0. The Hall–Kier alpha value is -3.65. The highest BCUT2D eigenvalue weighted by Crippen LogP contribution is 2.31. The van der Waals surface area contributed by atoms with E-state index in [1.165, 1.54) is 6.21 Å². The molecule has 3 aromatic carbocycles. The molecule has 0 aliphatic rings. The molecule has 0 aliphatic heterocycles. The van der Waals surface area contributed by atoms with Gasteiger partial charge in [0.05, 0.1) is 37.4 Å². The molecule has 0 bridgehead atoms. The van der Waals surface area contributed by atoms with Gasteiger partial charge in [0.25, 0.3) is 5.91 Å². The van der Waals surface area contributed by atoms with Gasteiger partial charge in [0.1, 0.15) is 11.5 Å². The number of halogens is 1. The molecule has 1 atom stereocenters. The number of hydrazone groups is 1. The summed E-state index contributed by atoms with van der Waals surface area (Å²) in [5.74, 6) is 0.562. The Balaban J connectivity index is 1.70. The topological polar surface area (TPSA) is 89.0 Å². The van der Waals surface area contributed by atoms with Gasteiger partial charge in [-0.15, -0.1) is 0 Å². The minimum Gasteiger partial charge on any atom is -0.496 e. The number of methoxy groups -OCH3 is 2. The molecular weight excluding hydrogens is 486 g/mol. The van der Waals surface area contributed by atoms with Crippen LogP contribution in [0.3, 0.4) is 0 Å². The fourth-order valence-corrected chi connectivity index (χ4v) is 3.68. The highest BCUT2D eigenvalue weighted by atomic mass is 79.9. The summed E-state index contributed by atoms with van der Waals surface area (Å²) in [6, 6.07) is 21.2. The van der Waals surface area contributed by atoms with Crippen molar-refractivity contribution in [3.8, 4) is 11.5 Å². The predicted octanol–water partition coefficient (Wildman–Crippen LogP) is 4.48. The van der Waals surface area contributed by atoms with E-state index < -0.39 is 6.04 Å². The van der Waals surface area contributed by atoms with Crippen molar-refractivity contribution in [3.05, 3.63) is 94.0 Å². The molecule has 3 aromatic rings. The van der Waals surface area contributed by atoms with Gasteiger partial charge in [0, 0.05) is 17.2 Å². The molecule has 33 heavy (non-hydrogen) atoms. The van der Waals surface area contributed by atoms with Crippen molar-refractivity contribution in [1.29, 1.82) is 0 Å². The number of hydrogen-bond donors (Lipinski definition) is 2. The van der Waals surface area contributed by atoms with Crippen LogP contribution >= 0.6 is 15.9 Å². The van der Waals surface area contributed by atoms with Crippen LogP contribution in [-0.4, -0.2) is 32.2 Å². The first-order valence-corrected chi connectivity index (χ1v) is 11.0. The average Bonchev–Trinajstić information content (AvgIpc) is 2.85. The highest BCUT2D eigenvalue weighted by Gasteiger charge is 2.19. The minimum absolute atomic E-state index is 0.0172. The van der Waals surface area contributed by atoms with Crippen LogP contribution in [-0.2, 0) is 4.79 Å². The largest absolute Gasteiger partial charge is 0.496 e. The van der Waals surface area contributed by atoms with Crippen molar-refractivity contribution in [2.24, 2.45) is 5.10 Å². The van der Waals surface area contributed by atoms with Crippen LogP contribution in [0.15, 0.2) is 82.4 Å². The van der Waals surface area contributed by atoms with Gasteiger partial charge in [-0.25, -0.2) is 5.43 Å². The van der Waals surface area contributed by atoms with Crippen molar-refractivity contribution in [1.82, 2.24) is 10.7 Å². The Labute approximate surface area is 200 Å². The third kappa shape index (κ3) is 6.66. The molecule has 2 amide bonds. The van der Waals surface area contributed by atoms with Gasteiger partial charge >= 0.3 is 0 Å². The summed E-state index contributed by atoms with van der Waals surface area (Å²) < 4.78 is 11.3. The van der Waals surface area contributed by atoms with E-state index in [1.54, 1.807) is 50.6 Å². The smallest absolute Gasteiger partial charge is 0.251 e. The van der Waals surface area contributed by atoms with Gasteiger partial charge in [0.2, 0.25) is 5.91 Å². The van der Waals surface area contributed by atoms with Gasteiger partial charge in [-0.2, -0.15) is 5.10 Å². The summed E-state index contributed by atoms with van der Waals surface area (Å²) >= 11 is 3.42. The minimum atomic E-state index is -0.515. The van der Waals surface area contributed by atoms with Gasteiger partial charge in [0.15, 0.2) is 0 Å². The number of nitrogens with zero attached hydrogens (tertiary/aromatic N) is 1. The molecule has 0 saturated carbocycles. The molecule has 170 valence electrons. The molecule has 0 aromatic heterocycles. The first-order valence-electron chi connectivity index (χ1n) is 10.2. The van der Waals surface area contributed by atoms with E-state index in [0.717, 1.165) is 10.0 Å². The number of nitrogens with one attached hydrogen (secondary N) is 2.